The highest BCUT2D eigenvalue weighted by molar-refractivity contribution is 7.58. The van der Waals surface area contributed by atoms with Gasteiger partial charge in [-0.3, -0.25) is 0 Å². The number of allylic oxidation sites excluding steroid dienone is 7. The molecular formula is C39H63P. The van der Waals surface area contributed by atoms with E-state index < -0.39 is 0 Å². The van der Waals surface area contributed by atoms with Gasteiger partial charge in [0.25, 0.3) is 0 Å². The maximum absolute atomic E-state index is 4.71. The molecule has 0 N–H and O–H groups in total. The molecule has 5 unspecified atom stereocenters. The van der Waals surface area contributed by atoms with Crippen LogP contribution in [0.25, 0.3) is 0 Å². The highest BCUT2D eigenvalue weighted by Gasteiger charge is 2.45. The Balaban J connectivity index is 0.00000216. The summed E-state index contributed by atoms with van der Waals surface area (Å²) in [7, 11) is 0.189. The first-order chi connectivity index (χ1) is 19.4. The maximum Gasteiger partial charge on any atom is -0.0103 e. The van der Waals surface area contributed by atoms with Crippen molar-refractivity contribution in [1.82, 2.24) is 0 Å². The predicted molar refractivity (Wildman–Crippen MR) is 182 cm³/mol. The Morgan fingerprint density at radius 3 is 2.38 bits per heavy atom. The van der Waals surface area contributed by atoms with Gasteiger partial charge < -0.3 is 0 Å². The van der Waals surface area contributed by atoms with Gasteiger partial charge in [-0.05, 0) is 136 Å². The lowest BCUT2D eigenvalue weighted by molar-refractivity contribution is 0.323. The van der Waals surface area contributed by atoms with Crippen LogP contribution >= 0.6 is 7.92 Å². The minimum atomic E-state index is 0.189. The Morgan fingerprint density at radius 2 is 1.75 bits per heavy atom. The minimum absolute atomic E-state index is 0.189. The Labute approximate surface area is 251 Å². The van der Waals surface area contributed by atoms with Gasteiger partial charge in [0.1, 0.15) is 0 Å². The number of hydrogen-bond donors (Lipinski definition) is 0. The fraction of sp³-hybridized carbons (Fsp3) is 0.744. The second-order valence-electron chi connectivity index (χ2n) is 13.9. The van der Waals surface area contributed by atoms with Crippen molar-refractivity contribution in [2.45, 2.75) is 130 Å². The molecule has 3 saturated carbocycles. The van der Waals surface area contributed by atoms with Crippen LogP contribution in [0, 0.1) is 54.3 Å². The van der Waals surface area contributed by atoms with Gasteiger partial charge in [0.15, 0.2) is 0 Å². The number of hydrogen-bond acceptors (Lipinski definition) is 0. The van der Waals surface area contributed by atoms with Crippen LogP contribution in [0.5, 0.6) is 0 Å². The van der Waals surface area contributed by atoms with E-state index in [1.54, 1.807) is 17.3 Å². The van der Waals surface area contributed by atoms with Gasteiger partial charge in [-0.25, -0.2) is 0 Å². The summed E-state index contributed by atoms with van der Waals surface area (Å²) in [5, 5.41) is 0. The third-order valence-electron chi connectivity index (χ3n) is 11.0. The average molecular weight is 563 g/mol. The third-order valence-corrected chi connectivity index (χ3v) is 14.3. The maximum atomic E-state index is 4.71. The molecule has 0 aromatic heterocycles. The van der Waals surface area contributed by atoms with E-state index in [1.807, 2.05) is 5.57 Å². The molecule has 1 heterocycles. The molecule has 1 heteroatoms. The van der Waals surface area contributed by atoms with Crippen LogP contribution in [0.2, 0.25) is 0 Å². The molecular weight excluding hydrogens is 499 g/mol. The second kappa shape index (κ2) is 17.2. The molecule has 1 saturated heterocycles. The van der Waals surface area contributed by atoms with Gasteiger partial charge in [0.2, 0.25) is 0 Å². The van der Waals surface area contributed by atoms with E-state index in [2.05, 4.69) is 71.8 Å². The summed E-state index contributed by atoms with van der Waals surface area (Å²) < 4.78 is 0. The molecule has 4 fully saturated rings. The van der Waals surface area contributed by atoms with E-state index in [0.717, 1.165) is 35.2 Å². The lowest BCUT2D eigenvalue weighted by atomic mass is 9.77. The summed E-state index contributed by atoms with van der Waals surface area (Å²) in [6, 6.07) is 0. The summed E-state index contributed by atoms with van der Waals surface area (Å²) in [4.78, 5) is 0. The summed E-state index contributed by atoms with van der Waals surface area (Å²) in [6.07, 6.45) is 41.0. The molecule has 0 radical (unpaired) electrons. The lowest BCUT2D eigenvalue weighted by Crippen LogP contribution is -2.22. The van der Waals surface area contributed by atoms with E-state index >= 15 is 0 Å². The standard InChI is InChI=1S/C37H61P.C2H2/c1-7-10-30-15-20-34(21-16-30)38-23-22-28(5)24-36(35(11-8-2)37-25-33(37)26-38)29(6)14-19-31(9-3)32-17-12-27(4)13-18-32;1-2/h9,11,14,19,27,29-30,32-34,36-37H,5,7-8,10,12-13,15-18,20-26H2,1-4,6H3;1-2H/b19-14-,31-9+,35-11?;. The highest BCUT2D eigenvalue weighted by Crippen LogP contribution is 2.60. The quantitative estimate of drug-likeness (QED) is 0.119. The zero-order chi connectivity index (χ0) is 29.1. The van der Waals surface area contributed by atoms with Crippen LogP contribution in [0.4, 0.5) is 0 Å². The fourth-order valence-electron chi connectivity index (χ4n) is 8.38. The second-order valence-corrected chi connectivity index (χ2v) is 16.7. The molecule has 5 atom stereocenters. The first-order valence-corrected chi connectivity index (χ1v) is 19.0. The first-order valence-electron chi connectivity index (χ1n) is 17.2. The molecule has 4 aliphatic rings. The van der Waals surface area contributed by atoms with Gasteiger partial charge in [-0.1, -0.05) is 95.4 Å². The van der Waals surface area contributed by atoms with Crippen LogP contribution in [0.3, 0.4) is 0 Å². The lowest BCUT2D eigenvalue weighted by Gasteiger charge is -2.36. The van der Waals surface area contributed by atoms with Gasteiger partial charge >= 0.3 is 0 Å². The molecule has 40 heavy (non-hydrogen) atoms. The molecule has 0 bridgehead atoms. The van der Waals surface area contributed by atoms with Crippen molar-refractivity contribution in [1.29, 1.82) is 0 Å². The molecule has 1 aliphatic heterocycles. The Bertz CT molecular complexity index is 870. The largest absolute Gasteiger partial charge is 0.124 e. The van der Waals surface area contributed by atoms with Crippen molar-refractivity contribution in [3.63, 3.8) is 0 Å². The van der Waals surface area contributed by atoms with E-state index in [9.17, 15) is 0 Å². The Hall–Kier alpha value is -1.05. The Morgan fingerprint density at radius 1 is 1.05 bits per heavy atom. The van der Waals surface area contributed by atoms with Gasteiger partial charge in [-0.2, -0.15) is 0 Å². The van der Waals surface area contributed by atoms with Crippen LogP contribution < -0.4 is 0 Å². The topological polar surface area (TPSA) is 0 Å². The monoisotopic (exact) mass is 562 g/mol. The van der Waals surface area contributed by atoms with Gasteiger partial charge in [-0.15, -0.1) is 20.8 Å². The predicted octanol–water partition coefficient (Wildman–Crippen LogP) is 12.0. The molecule has 4 rings (SSSR count). The average Bonchev–Trinajstić information content (AvgIpc) is 3.74. The number of terminal acetylenes is 1. The zero-order valence-electron chi connectivity index (χ0n) is 27.1. The van der Waals surface area contributed by atoms with E-state index in [0.29, 0.717) is 11.8 Å². The Kier molecular flexibility index (Phi) is 14.4. The van der Waals surface area contributed by atoms with Gasteiger partial charge in [0, 0.05) is 0 Å². The molecule has 0 aromatic carbocycles. The first kappa shape index (κ1) is 33.5. The van der Waals surface area contributed by atoms with E-state index in [-0.39, 0.29) is 7.92 Å². The fourth-order valence-corrected chi connectivity index (χ4v) is 11.9. The van der Waals surface area contributed by atoms with E-state index in [1.165, 1.54) is 96.1 Å². The molecule has 0 spiro atoms. The molecule has 0 aromatic rings. The SMILES string of the molecule is C#C.C=C1CCP(C2CCC(CCC)CC2)CC2CC2C(=CCC)C(C(C)/C=C\C(=C/C)C2CCC(C)CC2)C1. The zero-order valence-corrected chi connectivity index (χ0v) is 27.9. The van der Waals surface area contributed by atoms with Crippen molar-refractivity contribution >= 4 is 7.92 Å². The molecule has 224 valence electrons. The normalized spacial score (nSPS) is 37.3. The molecule has 3 aliphatic carbocycles. The van der Waals surface area contributed by atoms with Crippen molar-refractivity contribution in [3.05, 3.63) is 47.6 Å². The van der Waals surface area contributed by atoms with Crippen molar-refractivity contribution in [3.8, 4) is 12.8 Å². The van der Waals surface area contributed by atoms with Crippen LogP contribution in [-0.2, 0) is 0 Å². The highest BCUT2D eigenvalue weighted by atomic mass is 31.1. The van der Waals surface area contributed by atoms with Crippen molar-refractivity contribution in [2.24, 2.45) is 41.4 Å². The minimum Gasteiger partial charge on any atom is -0.124 e. The van der Waals surface area contributed by atoms with Crippen LogP contribution in [0.1, 0.15) is 125 Å². The molecule has 0 nitrogen and oxygen atoms in total. The summed E-state index contributed by atoms with van der Waals surface area (Å²) in [5.41, 5.74) is 6.04. The summed E-state index contributed by atoms with van der Waals surface area (Å²) in [6.45, 7) is 16.7. The van der Waals surface area contributed by atoms with Gasteiger partial charge in [0.05, 0.1) is 0 Å². The number of rotatable bonds is 8. The summed E-state index contributed by atoms with van der Waals surface area (Å²) >= 11 is 0. The summed E-state index contributed by atoms with van der Waals surface area (Å²) in [5.74, 6) is 5.87. The number of fused-ring (bicyclic) bond motifs is 1. The van der Waals surface area contributed by atoms with Crippen molar-refractivity contribution < 1.29 is 0 Å². The molecule has 0 amide bonds. The van der Waals surface area contributed by atoms with Crippen LogP contribution in [0.15, 0.2) is 47.6 Å². The van der Waals surface area contributed by atoms with Crippen molar-refractivity contribution in [2.75, 3.05) is 12.3 Å². The third kappa shape index (κ3) is 9.49. The van der Waals surface area contributed by atoms with E-state index in [4.69, 9.17) is 6.58 Å². The smallest absolute Gasteiger partial charge is 0.0103 e. The van der Waals surface area contributed by atoms with Crippen LogP contribution in [-0.4, -0.2) is 18.0 Å².